The van der Waals surface area contributed by atoms with E-state index in [0.29, 0.717) is 6.42 Å². The second kappa shape index (κ2) is 7.84. The van der Waals surface area contributed by atoms with Gasteiger partial charge in [-0.15, -0.1) is 0 Å². The van der Waals surface area contributed by atoms with E-state index in [4.69, 9.17) is 5.84 Å². The van der Waals surface area contributed by atoms with Gasteiger partial charge in [0.25, 0.3) is 0 Å². The molecule has 1 aromatic rings. The molecule has 1 aromatic carbocycles. The average molecular weight is 249 g/mol. The van der Waals surface area contributed by atoms with Crippen molar-refractivity contribution in [3.8, 4) is 0 Å². The van der Waals surface area contributed by atoms with Crippen LogP contribution in [0.3, 0.4) is 0 Å². The Morgan fingerprint density at radius 1 is 1.28 bits per heavy atom. The quantitative estimate of drug-likeness (QED) is 0.334. The molecule has 3 N–H and O–H groups in total. The molecule has 100 valence electrons. The number of benzene rings is 1. The number of carbonyl (C=O) groups excluding carboxylic acids is 1. The van der Waals surface area contributed by atoms with Crippen LogP contribution in [0.5, 0.6) is 0 Å². The molecule has 1 amide bonds. The lowest BCUT2D eigenvalue weighted by atomic mass is 10.1. The van der Waals surface area contributed by atoms with Crippen LogP contribution < -0.4 is 11.3 Å². The zero-order chi connectivity index (χ0) is 13.4. The number of carbonyl (C=O) groups is 1. The molecule has 0 spiro atoms. The van der Waals surface area contributed by atoms with E-state index in [1.807, 2.05) is 0 Å². The summed E-state index contributed by atoms with van der Waals surface area (Å²) in [5, 5.41) is 0. The fourth-order valence-corrected chi connectivity index (χ4v) is 1.82. The normalized spacial score (nSPS) is 10.7. The molecule has 0 aliphatic heterocycles. The summed E-state index contributed by atoms with van der Waals surface area (Å²) in [5.41, 5.74) is 4.75. The first-order valence-electron chi connectivity index (χ1n) is 6.35. The highest BCUT2D eigenvalue weighted by Gasteiger charge is 2.02. The minimum atomic E-state index is -0.0869. The largest absolute Gasteiger partial charge is 0.302 e. The lowest BCUT2D eigenvalue weighted by Crippen LogP contribution is -2.29. The number of hydrogen-bond donors (Lipinski definition) is 2. The van der Waals surface area contributed by atoms with Crippen LogP contribution in [0.2, 0.25) is 0 Å². The van der Waals surface area contributed by atoms with Gasteiger partial charge in [0.05, 0.1) is 0 Å². The maximum Gasteiger partial charge on any atom is 0.233 e. The smallest absolute Gasteiger partial charge is 0.233 e. The van der Waals surface area contributed by atoms with Gasteiger partial charge in [0.1, 0.15) is 0 Å². The molecule has 0 saturated heterocycles. The second-order valence-corrected chi connectivity index (χ2v) is 4.75. The van der Waals surface area contributed by atoms with Crippen molar-refractivity contribution in [2.75, 3.05) is 13.6 Å². The summed E-state index contributed by atoms with van der Waals surface area (Å²) < 4.78 is 0. The molecule has 0 radical (unpaired) electrons. The Balaban J connectivity index is 2.19. The first-order valence-corrected chi connectivity index (χ1v) is 6.35. The van der Waals surface area contributed by atoms with Crippen LogP contribution in [-0.2, 0) is 11.3 Å². The first-order chi connectivity index (χ1) is 8.61. The van der Waals surface area contributed by atoms with Crippen molar-refractivity contribution in [2.24, 2.45) is 5.84 Å². The van der Waals surface area contributed by atoms with E-state index in [1.54, 1.807) is 0 Å². The Hall–Kier alpha value is -1.39. The monoisotopic (exact) mass is 249 g/mol. The van der Waals surface area contributed by atoms with Crippen molar-refractivity contribution in [1.82, 2.24) is 10.3 Å². The van der Waals surface area contributed by atoms with Crippen LogP contribution in [0, 0.1) is 6.92 Å². The van der Waals surface area contributed by atoms with Crippen LogP contribution in [-0.4, -0.2) is 24.4 Å². The van der Waals surface area contributed by atoms with Crippen molar-refractivity contribution < 1.29 is 4.79 Å². The number of amides is 1. The molecule has 4 heteroatoms. The van der Waals surface area contributed by atoms with Crippen molar-refractivity contribution in [3.05, 3.63) is 35.4 Å². The topological polar surface area (TPSA) is 58.4 Å². The third-order valence-corrected chi connectivity index (χ3v) is 2.93. The van der Waals surface area contributed by atoms with Crippen molar-refractivity contribution in [1.29, 1.82) is 0 Å². The Kier molecular flexibility index (Phi) is 6.39. The second-order valence-electron chi connectivity index (χ2n) is 4.75. The van der Waals surface area contributed by atoms with Gasteiger partial charge in [-0.3, -0.25) is 10.2 Å². The SMILES string of the molecule is Cc1ccc(CN(C)CCCCC(=O)NN)cc1. The minimum absolute atomic E-state index is 0.0869. The van der Waals surface area contributed by atoms with Crippen LogP contribution in [0.1, 0.15) is 30.4 Å². The van der Waals surface area contributed by atoms with E-state index in [9.17, 15) is 4.79 Å². The maximum atomic E-state index is 10.9. The Labute approximate surface area is 109 Å². The number of nitrogens with two attached hydrogens (primary N) is 1. The molecular formula is C14H23N3O. The van der Waals surface area contributed by atoms with E-state index in [1.165, 1.54) is 11.1 Å². The third kappa shape index (κ3) is 5.80. The molecule has 0 unspecified atom stereocenters. The van der Waals surface area contributed by atoms with Crippen molar-refractivity contribution >= 4 is 5.91 Å². The predicted molar refractivity (Wildman–Crippen MR) is 73.7 cm³/mol. The molecule has 1 rings (SSSR count). The number of nitrogens with zero attached hydrogens (tertiary/aromatic N) is 1. The molecular weight excluding hydrogens is 226 g/mol. The predicted octanol–water partition coefficient (Wildman–Crippen LogP) is 1.59. The van der Waals surface area contributed by atoms with Crippen LogP contribution >= 0.6 is 0 Å². The molecule has 18 heavy (non-hydrogen) atoms. The maximum absolute atomic E-state index is 10.9. The summed E-state index contributed by atoms with van der Waals surface area (Å²) in [7, 11) is 2.10. The van der Waals surface area contributed by atoms with Crippen molar-refractivity contribution in [3.63, 3.8) is 0 Å². The fourth-order valence-electron chi connectivity index (χ4n) is 1.82. The summed E-state index contributed by atoms with van der Waals surface area (Å²) in [4.78, 5) is 13.2. The fraction of sp³-hybridized carbons (Fsp3) is 0.500. The zero-order valence-electron chi connectivity index (χ0n) is 11.3. The number of rotatable bonds is 7. The zero-order valence-corrected chi connectivity index (χ0v) is 11.3. The number of hydrogen-bond acceptors (Lipinski definition) is 3. The molecule has 0 aliphatic rings. The third-order valence-electron chi connectivity index (χ3n) is 2.93. The molecule has 0 heterocycles. The van der Waals surface area contributed by atoms with Gasteiger partial charge in [-0.05, 0) is 38.9 Å². The first kappa shape index (κ1) is 14.7. The standard InChI is InChI=1S/C14H23N3O/c1-12-6-8-13(9-7-12)11-17(2)10-4-3-5-14(18)16-15/h6-9H,3-5,10-11,15H2,1-2H3,(H,16,18). The summed E-state index contributed by atoms with van der Waals surface area (Å²) >= 11 is 0. The van der Waals surface area contributed by atoms with Gasteiger partial charge in [0.2, 0.25) is 5.91 Å². The minimum Gasteiger partial charge on any atom is -0.302 e. The average Bonchev–Trinajstić information content (AvgIpc) is 2.37. The molecule has 0 aromatic heterocycles. The van der Waals surface area contributed by atoms with Gasteiger partial charge < -0.3 is 4.90 Å². The van der Waals surface area contributed by atoms with E-state index in [2.05, 4.69) is 48.6 Å². The van der Waals surface area contributed by atoms with Gasteiger partial charge in [0.15, 0.2) is 0 Å². The number of hydrazine groups is 1. The number of aryl methyl sites for hydroxylation is 1. The lowest BCUT2D eigenvalue weighted by molar-refractivity contribution is -0.121. The Morgan fingerprint density at radius 2 is 1.94 bits per heavy atom. The molecule has 0 fully saturated rings. The van der Waals surface area contributed by atoms with Gasteiger partial charge in [-0.25, -0.2) is 5.84 Å². The summed E-state index contributed by atoms with van der Waals surface area (Å²) in [6, 6.07) is 8.59. The van der Waals surface area contributed by atoms with E-state index in [-0.39, 0.29) is 5.91 Å². The van der Waals surface area contributed by atoms with E-state index < -0.39 is 0 Å². The summed E-state index contributed by atoms with van der Waals surface area (Å²) in [6.07, 6.45) is 2.39. The van der Waals surface area contributed by atoms with Gasteiger partial charge in [0, 0.05) is 13.0 Å². The highest BCUT2D eigenvalue weighted by Crippen LogP contribution is 2.07. The van der Waals surface area contributed by atoms with Crippen LogP contribution in [0.4, 0.5) is 0 Å². The highest BCUT2D eigenvalue weighted by molar-refractivity contribution is 5.75. The summed E-state index contributed by atoms with van der Waals surface area (Å²) in [5.74, 6) is 4.93. The Morgan fingerprint density at radius 3 is 2.56 bits per heavy atom. The van der Waals surface area contributed by atoms with Gasteiger partial charge in [-0.1, -0.05) is 29.8 Å². The molecule has 0 aliphatic carbocycles. The van der Waals surface area contributed by atoms with Gasteiger partial charge >= 0.3 is 0 Å². The van der Waals surface area contributed by atoms with Crippen LogP contribution in [0.15, 0.2) is 24.3 Å². The van der Waals surface area contributed by atoms with Crippen LogP contribution in [0.25, 0.3) is 0 Å². The number of nitrogens with one attached hydrogen (secondary N) is 1. The van der Waals surface area contributed by atoms with Crippen molar-refractivity contribution in [2.45, 2.75) is 32.7 Å². The molecule has 4 nitrogen and oxygen atoms in total. The molecule has 0 saturated carbocycles. The van der Waals surface area contributed by atoms with E-state index in [0.717, 1.165) is 25.9 Å². The Bertz CT molecular complexity index is 362. The van der Waals surface area contributed by atoms with Gasteiger partial charge in [-0.2, -0.15) is 0 Å². The lowest BCUT2D eigenvalue weighted by Gasteiger charge is -2.16. The highest BCUT2D eigenvalue weighted by atomic mass is 16.2. The summed E-state index contributed by atoms with van der Waals surface area (Å²) in [6.45, 7) is 4.03. The number of unbranched alkanes of at least 4 members (excludes halogenated alkanes) is 1. The molecule has 0 atom stereocenters. The molecule has 0 bridgehead atoms. The van der Waals surface area contributed by atoms with E-state index >= 15 is 0 Å².